The molecule has 1 N–H and O–H groups in total. The first-order valence-corrected chi connectivity index (χ1v) is 7.87. The first-order valence-electron chi connectivity index (χ1n) is 7.87. The van der Waals surface area contributed by atoms with Gasteiger partial charge in [0, 0.05) is 6.54 Å². The van der Waals surface area contributed by atoms with Gasteiger partial charge >= 0.3 is 0 Å². The molecule has 0 heterocycles. The van der Waals surface area contributed by atoms with Crippen LogP contribution >= 0.6 is 0 Å². The van der Waals surface area contributed by atoms with Crippen LogP contribution in [0.1, 0.15) is 65.7 Å². The molecule has 2 rings (SSSR count). The highest BCUT2D eigenvalue weighted by Crippen LogP contribution is 2.57. The Morgan fingerprint density at radius 1 is 1.29 bits per heavy atom. The van der Waals surface area contributed by atoms with Gasteiger partial charge in [-0.3, -0.25) is 0 Å². The van der Waals surface area contributed by atoms with Gasteiger partial charge in [0.2, 0.25) is 0 Å². The van der Waals surface area contributed by atoms with Crippen LogP contribution in [0.3, 0.4) is 0 Å². The Labute approximate surface area is 108 Å². The second-order valence-electron chi connectivity index (χ2n) is 7.01. The lowest BCUT2D eigenvalue weighted by Crippen LogP contribution is -2.38. The Morgan fingerprint density at radius 2 is 2.12 bits per heavy atom. The van der Waals surface area contributed by atoms with E-state index in [2.05, 4.69) is 26.1 Å². The summed E-state index contributed by atoms with van der Waals surface area (Å²) in [4.78, 5) is 0. The molecule has 0 aliphatic heterocycles. The lowest BCUT2D eigenvalue weighted by molar-refractivity contribution is 0.137. The number of fused-ring (bicyclic) bond motifs is 2. The molecule has 100 valence electrons. The maximum Gasteiger partial charge on any atom is 0.00105 e. The molecule has 0 spiro atoms. The highest BCUT2D eigenvalue weighted by molar-refractivity contribution is 5.01. The number of rotatable bonds is 7. The molecule has 2 aliphatic rings. The fraction of sp³-hybridized carbons (Fsp3) is 1.00. The molecule has 1 nitrogen and oxygen atoms in total. The van der Waals surface area contributed by atoms with E-state index in [1.165, 1.54) is 45.1 Å². The van der Waals surface area contributed by atoms with Gasteiger partial charge in [0.1, 0.15) is 0 Å². The van der Waals surface area contributed by atoms with Gasteiger partial charge in [-0.2, -0.15) is 0 Å². The van der Waals surface area contributed by atoms with Crippen molar-refractivity contribution in [3.8, 4) is 0 Å². The SMILES string of the molecule is CCNCC1(CCCC(C)C)CC2CCC1C2. The molecule has 0 radical (unpaired) electrons. The van der Waals surface area contributed by atoms with Gasteiger partial charge in [0.25, 0.3) is 0 Å². The standard InChI is InChI=1S/C16H31N/c1-4-17-12-16(9-5-6-13(2)3)11-14-7-8-15(16)10-14/h13-15,17H,4-12H2,1-3H3. The molecule has 0 aromatic carbocycles. The summed E-state index contributed by atoms with van der Waals surface area (Å²) in [5.74, 6) is 3.01. The van der Waals surface area contributed by atoms with Crippen LogP contribution in [-0.4, -0.2) is 13.1 Å². The predicted molar refractivity (Wildman–Crippen MR) is 75.1 cm³/mol. The zero-order chi connectivity index (χ0) is 12.3. The van der Waals surface area contributed by atoms with Crippen LogP contribution in [0, 0.1) is 23.2 Å². The largest absolute Gasteiger partial charge is 0.316 e. The average Bonchev–Trinajstić information content (AvgIpc) is 2.86. The maximum absolute atomic E-state index is 3.65. The zero-order valence-corrected chi connectivity index (χ0v) is 12.1. The van der Waals surface area contributed by atoms with Gasteiger partial charge in [-0.1, -0.05) is 40.0 Å². The van der Waals surface area contributed by atoms with Crippen molar-refractivity contribution in [2.24, 2.45) is 23.2 Å². The molecule has 3 atom stereocenters. The smallest absolute Gasteiger partial charge is 0.00105 e. The predicted octanol–water partition coefficient (Wildman–Crippen LogP) is 4.23. The third-order valence-electron chi connectivity index (χ3n) is 5.29. The molecule has 3 unspecified atom stereocenters. The molecular weight excluding hydrogens is 206 g/mol. The topological polar surface area (TPSA) is 12.0 Å². The van der Waals surface area contributed by atoms with Crippen LogP contribution in [0.2, 0.25) is 0 Å². The molecule has 0 aromatic heterocycles. The van der Waals surface area contributed by atoms with E-state index >= 15 is 0 Å². The summed E-state index contributed by atoms with van der Waals surface area (Å²) in [5, 5.41) is 3.65. The first-order chi connectivity index (χ1) is 8.16. The van der Waals surface area contributed by atoms with Crippen LogP contribution in [0.5, 0.6) is 0 Å². The van der Waals surface area contributed by atoms with Crippen LogP contribution < -0.4 is 5.32 Å². The van der Waals surface area contributed by atoms with E-state index in [9.17, 15) is 0 Å². The summed E-state index contributed by atoms with van der Waals surface area (Å²) in [6.45, 7) is 9.40. The summed E-state index contributed by atoms with van der Waals surface area (Å²) in [5.41, 5.74) is 0.688. The molecule has 0 saturated heterocycles. The molecular formula is C16H31N. The molecule has 2 fully saturated rings. The lowest BCUT2D eigenvalue weighted by atomic mass is 9.69. The normalized spacial score (nSPS) is 36.0. The molecule has 0 amide bonds. The van der Waals surface area contributed by atoms with Crippen molar-refractivity contribution >= 4 is 0 Å². The molecule has 2 aliphatic carbocycles. The second-order valence-corrected chi connectivity index (χ2v) is 7.01. The van der Waals surface area contributed by atoms with Crippen molar-refractivity contribution in [3.05, 3.63) is 0 Å². The van der Waals surface area contributed by atoms with E-state index in [4.69, 9.17) is 0 Å². The quantitative estimate of drug-likeness (QED) is 0.699. The molecule has 1 heteroatoms. The summed E-state index contributed by atoms with van der Waals surface area (Å²) in [6, 6.07) is 0. The summed E-state index contributed by atoms with van der Waals surface area (Å²) < 4.78 is 0. The third kappa shape index (κ3) is 3.05. The van der Waals surface area contributed by atoms with Crippen molar-refractivity contribution in [1.82, 2.24) is 5.32 Å². The number of nitrogens with one attached hydrogen (secondary N) is 1. The molecule has 0 aromatic rings. The van der Waals surface area contributed by atoms with E-state index in [0.717, 1.165) is 24.3 Å². The van der Waals surface area contributed by atoms with E-state index in [1.807, 2.05) is 0 Å². The van der Waals surface area contributed by atoms with Gasteiger partial charge < -0.3 is 5.32 Å². The summed E-state index contributed by atoms with van der Waals surface area (Å²) >= 11 is 0. The van der Waals surface area contributed by atoms with Crippen LogP contribution in [0.4, 0.5) is 0 Å². The van der Waals surface area contributed by atoms with Crippen LogP contribution in [-0.2, 0) is 0 Å². The van der Waals surface area contributed by atoms with E-state index in [1.54, 1.807) is 6.42 Å². The highest BCUT2D eigenvalue weighted by atomic mass is 14.9. The lowest BCUT2D eigenvalue weighted by Gasteiger charge is -2.38. The molecule has 17 heavy (non-hydrogen) atoms. The maximum atomic E-state index is 3.65. The Bertz CT molecular complexity index is 236. The molecule has 2 bridgehead atoms. The third-order valence-corrected chi connectivity index (χ3v) is 5.29. The molecule has 2 saturated carbocycles. The van der Waals surface area contributed by atoms with Crippen molar-refractivity contribution in [1.29, 1.82) is 0 Å². The monoisotopic (exact) mass is 237 g/mol. The van der Waals surface area contributed by atoms with E-state index in [-0.39, 0.29) is 0 Å². The Balaban J connectivity index is 1.89. The highest BCUT2D eigenvalue weighted by Gasteiger charge is 2.49. The first kappa shape index (κ1) is 13.4. The van der Waals surface area contributed by atoms with Crippen LogP contribution in [0.25, 0.3) is 0 Å². The Morgan fingerprint density at radius 3 is 2.65 bits per heavy atom. The van der Waals surface area contributed by atoms with Crippen molar-refractivity contribution < 1.29 is 0 Å². The minimum atomic E-state index is 0.688. The second kappa shape index (κ2) is 5.73. The Kier molecular flexibility index (Phi) is 4.52. The van der Waals surface area contributed by atoms with E-state index in [0.29, 0.717) is 5.41 Å². The van der Waals surface area contributed by atoms with E-state index < -0.39 is 0 Å². The fourth-order valence-electron chi connectivity index (χ4n) is 4.41. The minimum absolute atomic E-state index is 0.688. The average molecular weight is 237 g/mol. The zero-order valence-electron chi connectivity index (χ0n) is 12.1. The van der Waals surface area contributed by atoms with Gasteiger partial charge in [0.15, 0.2) is 0 Å². The summed E-state index contributed by atoms with van der Waals surface area (Å²) in [6.07, 6.45) is 10.5. The van der Waals surface area contributed by atoms with Gasteiger partial charge in [-0.15, -0.1) is 0 Å². The van der Waals surface area contributed by atoms with Gasteiger partial charge in [0.05, 0.1) is 0 Å². The van der Waals surface area contributed by atoms with Crippen molar-refractivity contribution in [2.75, 3.05) is 13.1 Å². The van der Waals surface area contributed by atoms with Crippen LogP contribution in [0.15, 0.2) is 0 Å². The number of hydrogen-bond donors (Lipinski definition) is 1. The van der Waals surface area contributed by atoms with Gasteiger partial charge in [-0.05, 0) is 55.4 Å². The van der Waals surface area contributed by atoms with Gasteiger partial charge in [-0.25, -0.2) is 0 Å². The van der Waals surface area contributed by atoms with Crippen molar-refractivity contribution in [3.63, 3.8) is 0 Å². The number of hydrogen-bond acceptors (Lipinski definition) is 1. The van der Waals surface area contributed by atoms with Crippen molar-refractivity contribution in [2.45, 2.75) is 65.7 Å². The minimum Gasteiger partial charge on any atom is -0.316 e. The Hall–Kier alpha value is -0.0400. The fourth-order valence-corrected chi connectivity index (χ4v) is 4.41. The summed E-state index contributed by atoms with van der Waals surface area (Å²) in [7, 11) is 0.